The predicted molar refractivity (Wildman–Crippen MR) is 43.1 cm³/mol. The third kappa shape index (κ3) is 7.77. The van der Waals surface area contributed by atoms with Gasteiger partial charge in [0, 0.05) is 0 Å². The minimum absolute atomic E-state index is 0.188. The zero-order valence-corrected chi connectivity index (χ0v) is 7.73. The zero-order valence-electron chi connectivity index (χ0n) is 6.91. The molecule has 0 aliphatic rings. The van der Waals surface area contributed by atoms with E-state index in [1.807, 2.05) is 13.8 Å². The molecule has 0 aromatic rings. The van der Waals surface area contributed by atoms with E-state index in [4.69, 9.17) is 0 Å². The van der Waals surface area contributed by atoms with Gasteiger partial charge in [0.05, 0.1) is 6.61 Å². The summed E-state index contributed by atoms with van der Waals surface area (Å²) in [4.78, 5) is 0. The van der Waals surface area contributed by atoms with Crippen LogP contribution in [-0.4, -0.2) is 15.0 Å². The van der Waals surface area contributed by atoms with Crippen LogP contribution < -0.4 is 5.14 Å². The SMILES string of the molecule is CCC(C)CCOS(N)(=O)=O. The molecule has 0 amide bonds. The Bertz CT molecular complexity index is 188. The molecule has 0 fully saturated rings. The summed E-state index contributed by atoms with van der Waals surface area (Å²) in [6, 6.07) is 0. The van der Waals surface area contributed by atoms with Crippen LogP contribution in [0.1, 0.15) is 26.7 Å². The summed E-state index contributed by atoms with van der Waals surface area (Å²) < 4.78 is 24.9. The molecule has 0 radical (unpaired) electrons. The molecule has 4 nitrogen and oxygen atoms in total. The van der Waals surface area contributed by atoms with Crippen molar-refractivity contribution in [3.05, 3.63) is 0 Å². The van der Waals surface area contributed by atoms with Gasteiger partial charge in [0.2, 0.25) is 0 Å². The van der Waals surface area contributed by atoms with E-state index in [0.29, 0.717) is 5.92 Å². The Kier molecular flexibility index (Phi) is 4.63. The lowest BCUT2D eigenvalue weighted by Gasteiger charge is -2.06. The predicted octanol–water partition coefficient (Wildman–Crippen LogP) is 0.643. The third-order valence-corrected chi connectivity index (χ3v) is 2.05. The van der Waals surface area contributed by atoms with E-state index in [9.17, 15) is 8.42 Å². The summed E-state index contributed by atoms with van der Waals surface area (Å²) in [5.74, 6) is 0.483. The maximum absolute atomic E-state index is 10.3. The van der Waals surface area contributed by atoms with Crippen molar-refractivity contribution in [2.24, 2.45) is 11.1 Å². The van der Waals surface area contributed by atoms with Crippen molar-refractivity contribution in [3.63, 3.8) is 0 Å². The molecular formula is C6H15NO3S. The summed E-state index contributed by atoms with van der Waals surface area (Å²) in [6.45, 7) is 4.27. The Hall–Kier alpha value is -0.130. The molecule has 0 aromatic carbocycles. The van der Waals surface area contributed by atoms with Crippen molar-refractivity contribution in [1.29, 1.82) is 0 Å². The molecule has 0 aliphatic carbocycles. The van der Waals surface area contributed by atoms with Gasteiger partial charge in [-0.1, -0.05) is 20.3 Å². The van der Waals surface area contributed by atoms with Crippen molar-refractivity contribution in [1.82, 2.24) is 0 Å². The Balaban J connectivity index is 3.43. The van der Waals surface area contributed by atoms with Crippen LogP contribution in [0.2, 0.25) is 0 Å². The molecule has 11 heavy (non-hydrogen) atoms. The lowest BCUT2D eigenvalue weighted by Crippen LogP contribution is -2.17. The first-order valence-corrected chi connectivity index (χ1v) is 5.10. The second-order valence-corrected chi connectivity index (χ2v) is 3.84. The van der Waals surface area contributed by atoms with Crippen molar-refractivity contribution in [3.8, 4) is 0 Å². The van der Waals surface area contributed by atoms with Crippen LogP contribution in [0.5, 0.6) is 0 Å². The van der Waals surface area contributed by atoms with Gasteiger partial charge in [0.25, 0.3) is 0 Å². The van der Waals surface area contributed by atoms with Crippen LogP contribution in [0, 0.1) is 5.92 Å². The van der Waals surface area contributed by atoms with Crippen molar-refractivity contribution in [2.45, 2.75) is 26.7 Å². The van der Waals surface area contributed by atoms with Gasteiger partial charge >= 0.3 is 10.3 Å². The van der Waals surface area contributed by atoms with Crippen molar-refractivity contribution in [2.75, 3.05) is 6.61 Å². The lowest BCUT2D eigenvalue weighted by atomic mass is 10.1. The van der Waals surface area contributed by atoms with E-state index in [1.54, 1.807) is 0 Å². The van der Waals surface area contributed by atoms with Gasteiger partial charge in [0.1, 0.15) is 0 Å². The summed E-state index contributed by atoms with van der Waals surface area (Å²) in [5.41, 5.74) is 0. The van der Waals surface area contributed by atoms with Gasteiger partial charge in [-0.15, -0.1) is 0 Å². The molecular weight excluding hydrogens is 166 g/mol. The van der Waals surface area contributed by atoms with E-state index in [2.05, 4.69) is 9.32 Å². The maximum atomic E-state index is 10.3. The molecule has 0 spiro atoms. The molecule has 0 bridgehead atoms. The van der Waals surface area contributed by atoms with Crippen molar-refractivity contribution >= 4 is 10.3 Å². The van der Waals surface area contributed by atoms with Gasteiger partial charge in [0.15, 0.2) is 0 Å². The molecule has 0 saturated carbocycles. The van der Waals surface area contributed by atoms with E-state index < -0.39 is 10.3 Å². The van der Waals surface area contributed by atoms with Gasteiger partial charge in [-0.2, -0.15) is 8.42 Å². The number of nitrogens with two attached hydrogens (primary N) is 1. The molecule has 0 saturated heterocycles. The maximum Gasteiger partial charge on any atom is 0.333 e. The van der Waals surface area contributed by atoms with Crippen LogP contribution in [-0.2, 0) is 14.5 Å². The molecule has 68 valence electrons. The second-order valence-electron chi connectivity index (χ2n) is 2.62. The van der Waals surface area contributed by atoms with Crippen LogP contribution in [0.15, 0.2) is 0 Å². The molecule has 5 heteroatoms. The highest BCUT2D eigenvalue weighted by Gasteiger charge is 2.03. The first kappa shape index (κ1) is 10.9. The molecule has 0 heterocycles. The fourth-order valence-corrected chi connectivity index (χ4v) is 0.898. The summed E-state index contributed by atoms with van der Waals surface area (Å²) in [5, 5.41) is 4.61. The van der Waals surface area contributed by atoms with Crippen LogP contribution in [0.3, 0.4) is 0 Å². The molecule has 1 unspecified atom stereocenters. The monoisotopic (exact) mass is 181 g/mol. The van der Waals surface area contributed by atoms with Crippen LogP contribution in [0.25, 0.3) is 0 Å². The van der Waals surface area contributed by atoms with E-state index >= 15 is 0 Å². The average Bonchev–Trinajstić information content (AvgIpc) is 1.85. The Morgan fingerprint density at radius 2 is 2.09 bits per heavy atom. The highest BCUT2D eigenvalue weighted by Crippen LogP contribution is 2.06. The van der Waals surface area contributed by atoms with Crippen molar-refractivity contribution < 1.29 is 12.6 Å². The van der Waals surface area contributed by atoms with Crippen LogP contribution in [0.4, 0.5) is 0 Å². The fraction of sp³-hybridized carbons (Fsp3) is 1.00. The molecule has 1 atom stereocenters. The summed E-state index contributed by atoms with van der Waals surface area (Å²) in [7, 11) is -3.73. The van der Waals surface area contributed by atoms with Gasteiger partial charge in [-0.3, -0.25) is 4.18 Å². The molecule has 0 rings (SSSR count). The average molecular weight is 181 g/mol. The minimum Gasteiger partial charge on any atom is -0.258 e. The van der Waals surface area contributed by atoms with Gasteiger partial charge in [-0.05, 0) is 12.3 Å². The van der Waals surface area contributed by atoms with Crippen LogP contribution >= 0.6 is 0 Å². The number of hydrogen-bond donors (Lipinski definition) is 1. The smallest absolute Gasteiger partial charge is 0.258 e. The Morgan fingerprint density at radius 1 is 1.55 bits per heavy atom. The number of rotatable bonds is 5. The minimum atomic E-state index is -3.73. The van der Waals surface area contributed by atoms with E-state index in [0.717, 1.165) is 12.8 Å². The normalized spacial score (nSPS) is 14.8. The van der Waals surface area contributed by atoms with E-state index in [1.165, 1.54) is 0 Å². The van der Waals surface area contributed by atoms with Gasteiger partial charge in [-0.25, -0.2) is 5.14 Å². The molecule has 2 N–H and O–H groups in total. The molecule has 0 aromatic heterocycles. The number of hydrogen-bond acceptors (Lipinski definition) is 3. The third-order valence-electron chi connectivity index (χ3n) is 1.56. The lowest BCUT2D eigenvalue weighted by molar-refractivity contribution is 0.285. The second kappa shape index (κ2) is 4.69. The molecule has 0 aliphatic heterocycles. The first-order valence-electron chi connectivity index (χ1n) is 3.63. The zero-order chi connectivity index (χ0) is 8.91. The first-order chi connectivity index (χ1) is 4.95. The quantitative estimate of drug-likeness (QED) is 0.676. The fourth-order valence-electron chi connectivity index (χ4n) is 0.570. The summed E-state index contributed by atoms with van der Waals surface area (Å²) in [6.07, 6.45) is 1.75. The standard InChI is InChI=1S/C6H15NO3S/c1-3-6(2)4-5-10-11(7,8)9/h6H,3-5H2,1-2H3,(H2,7,8,9). The highest BCUT2D eigenvalue weighted by molar-refractivity contribution is 7.84. The Labute approximate surface area is 68.0 Å². The van der Waals surface area contributed by atoms with Gasteiger partial charge < -0.3 is 0 Å². The topological polar surface area (TPSA) is 69.4 Å². The van der Waals surface area contributed by atoms with E-state index in [-0.39, 0.29) is 6.61 Å². The largest absolute Gasteiger partial charge is 0.333 e. The Morgan fingerprint density at radius 3 is 2.45 bits per heavy atom. The highest BCUT2D eigenvalue weighted by atomic mass is 32.2. The summed E-state index contributed by atoms with van der Waals surface area (Å²) >= 11 is 0.